The molecule has 8 heteroatoms. The van der Waals surface area contributed by atoms with Crippen molar-refractivity contribution in [3.05, 3.63) is 53.9 Å². The van der Waals surface area contributed by atoms with Gasteiger partial charge in [-0.1, -0.05) is 12.1 Å². The van der Waals surface area contributed by atoms with Crippen LogP contribution in [0.5, 0.6) is 11.5 Å². The lowest BCUT2D eigenvalue weighted by atomic mass is 10.1. The Morgan fingerprint density at radius 1 is 1.08 bits per heavy atom. The van der Waals surface area contributed by atoms with E-state index in [1.54, 1.807) is 13.2 Å². The Labute approximate surface area is 147 Å². The molecular weight excluding hydrogens is 349 g/mol. The largest absolute Gasteiger partial charge is 0.573 e. The Morgan fingerprint density at radius 2 is 1.77 bits per heavy atom. The molecule has 138 valence electrons. The van der Waals surface area contributed by atoms with E-state index < -0.39 is 12.5 Å². The molecule has 3 aromatic rings. The second-order valence-electron chi connectivity index (χ2n) is 5.46. The van der Waals surface area contributed by atoms with Gasteiger partial charge >= 0.3 is 6.36 Å². The maximum absolute atomic E-state index is 12.3. The Hall–Kier alpha value is -2.74. The monoisotopic (exact) mass is 366 g/mol. The number of nitrogens with one attached hydrogen (secondary N) is 1. The van der Waals surface area contributed by atoms with Gasteiger partial charge in [0, 0.05) is 12.7 Å². The van der Waals surface area contributed by atoms with E-state index >= 15 is 0 Å². The minimum absolute atomic E-state index is 0.286. The van der Waals surface area contributed by atoms with Crippen LogP contribution in [0.3, 0.4) is 0 Å². The van der Waals surface area contributed by atoms with E-state index in [1.165, 1.54) is 24.3 Å². The van der Waals surface area contributed by atoms with Crippen molar-refractivity contribution in [2.45, 2.75) is 19.4 Å². The number of methoxy groups -OCH3 is 1. The van der Waals surface area contributed by atoms with Gasteiger partial charge in [0.1, 0.15) is 23.4 Å². The Kier molecular flexibility index (Phi) is 5.03. The Bertz CT molecular complexity index is 876. The van der Waals surface area contributed by atoms with E-state index in [0.717, 1.165) is 11.0 Å². The van der Waals surface area contributed by atoms with E-state index in [2.05, 4.69) is 14.7 Å². The molecule has 0 radical (unpaired) electrons. The average molecular weight is 366 g/mol. The van der Waals surface area contributed by atoms with E-state index in [4.69, 9.17) is 9.47 Å². The average Bonchev–Trinajstić information content (AvgIpc) is 3.01. The molecule has 0 aliphatic rings. The fraction of sp³-hybridized carbons (Fsp3) is 0.278. The van der Waals surface area contributed by atoms with E-state index in [0.29, 0.717) is 23.7 Å². The number of rotatable bonds is 6. The van der Waals surface area contributed by atoms with Crippen molar-refractivity contribution < 1.29 is 27.4 Å². The number of H-pyrrole nitrogens is 1. The number of imidazole rings is 1. The molecular formula is C18H17F3N2O3. The first-order valence-corrected chi connectivity index (χ1v) is 7.90. The zero-order valence-corrected chi connectivity index (χ0v) is 14.1. The molecule has 0 saturated heterocycles. The van der Waals surface area contributed by atoms with Crippen LogP contribution in [-0.4, -0.2) is 30.0 Å². The van der Waals surface area contributed by atoms with Crippen LogP contribution in [-0.2, 0) is 4.74 Å². The van der Waals surface area contributed by atoms with Crippen LogP contribution in [0.1, 0.15) is 24.4 Å². The zero-order chi connectivity index (χ0) is 18.7. The third kappa shape index (κ3) is 4.08. The van der Waals surface area contributed by atoms with Gasteiger partial charge in [0.2, 0.25) is 0 Å². The molecule has 0 bridgehead atoms. The topological polar surface area (TPSA) is 56.4 Å². The molecule has 0 aliphatic heterocycles. The minimum Gasteiger partial charge on any atom is -0.497 e. The van der Waals surface area contributed by atoms with Gasteiger partial charge in [-0.05, 0) is 36.8 Å². The zero-order valence-electron chi connectivity index (χ0n) is 14.1. The van der Waals surface area contributed by atoms with Crippen molar-refractivity contribution >= 4 is 11.0 Å². The van der Waals surface area contributed by atoms with E-state index in [1.807, 2.05) is 19.1 Å². The summed E-state index contributed by atoms with van der Waals surface area (Å²) in [5.41, 5.74) is 2.18. The molecule has 2 aromatic carbocycles. The number of hydrogen-bond acceptors (Lipinski definition) is 4. The number of aromatic amines is 1. The summed E-state index contributed by atoms with van der Waals surface area (Å²) in [7, 11) is 1.58. The number of aromatic nitrogens is 2. The van der Waals surface area contributed by atoms with Crippen molar-refractivity contribution in [2.24, 2.45) is 0 Å². The molecule has 3 rings (SSSR count). The summed E-state index contributed by atoms with van der Waals surface area (Å²) < 4.78 is 51.7. The third-order valence-electron chi connectivity index (χ3n) is 3.71. The van der Waals surface area contributed by atoms with Gasteiger partial charge in [0.05, 0.1) is 18.1 Å². The second kappa shape index (κ2) is 7.25. The van der Waals surface area contributed by atoms with Crippen molar-refractivity contribution in [1.82, 2.24) is 9.97 Å². The molecule has 5 nitrogen and oxygen atoms in total. The van der Waals surface area contributed by atoms with Crippen molar-refractivity contribution in [2.75, 3.05) is 13.7 Å². The minimum atomic E-state index is -4.72. The molecule has 1 unspecified atom stereocenters. The molecule has 0 spiro atoms. The lowest BCUT2D eigenvalue weighted by Gasteiger charge is -2.16. The first-order chi connectivity index (χ1) is 12.4. The lowest BCUT2D eigenvalue weighted by molar-refractivity contribution is -0.274. The third-order valence-corrected chi connectivity index (χ3v) is 3.71. The van der Waals surface area contributed by atoms with Gasteiger partial charge in [-0.25, -0.2) is 4.98 Å². The van der Waals surface area contributed by atoms with Gasteiger partial charge in [-0.2, -0.15) is 0 Å². The summed E-state index contributed by atoms with van der Waals surface area (Å²) >= 11 is 0. The molecule has 1 aromatic heterocycles. The van der Waals surface area contributed by atoms with Gasteiger partial charge in [0.25, 0.3) is 0 Å². The highest BCUT2D eigenvalue weighted by molar-refractivity contribution is 5.77. The molecule has 0 aliphatic carbocycles. The van der Waals surface area contributed by atoms with Crippen LogP contribution in [0.15, 0.2) is 42.5 Å². The fourth-order valence-electron chi connectivity index (χ4n) is 2.60. The van der Waals surface area contributed by atoms with Crippen molar-refractivity contribution in [3.8, 4) is 11.5 Å². The SMILES string of the molecule is CCOC(c1ccc(OC(F)(F)F)cc1)c1nc2ccc(OC)cc2[nH]1. The molecule has 0 fully saturated rings. The fourth-order valence-corrected chi connectivity index (χ4v) is 2.60. The summed E-state index contributed by atoms with van der Waals surface area (Å²) in [5.74, 6) is 0.958. The summed E-state index contributed by atoms with van der Waals surface area (Å²) in [6.07, 6.45) is -5.27. The number of halogens is 3. The molecule has 1 atom stereocenters. The van der Waals surface area contributed by atoms with Crippen molar-refractivity contribution in [1.29, 1.82) is 0 Å². The van der Waals surface area contributed by atoms with Crippen LogP contribution in [0.4, 0.5) is 13.2 Å². The van der Waals surface area contributed by atoms with E-state index in [-0.39, 0.29) is 5.75 Å². The summed E-state index contributed by atoms with van der Waals surface area (Å²) in [5, 5.41) is 0. The maximum Gasteiger partial charge on any atom is 0.573 e. The predicted molar refractivity (Wildman–Crippen MR) is 89.2 cm³/mol. The van der Waals surface area contributed by atoms with Gasteiger partial charge in [0.15, 0.2) is 0 Å². The van der Waals surface area contributed by atoms with Gasteiger partial charge < -0.3 is 19.2 Å². The number of ether oxygens (including phenoxy) is 3. The van der Waals surface area contributed by atoms with Gasteiger partial charge in [-0.3, -0.25) is 0 Å². The number of hydrogen-bond donors (Lipinski definition) is 1. The van der Waals surface area contributed by atoms with Gasteiger partial charge in [-0.15, -0.1) is 13.2 Å². The molecule has 1 N–H and O–H groups in total. The lowest BCUT2D eigenvalue weighted by Crippen LogP contribution is -2.17. The number of alkyl halides is 3. The summed E-state index contributed by atoms with van der Waals surface area (Å²) in [4.78, 5) is 7.70. The number of fused-ring (bicyclic) bond motifs is 1. The van der Waals surface area contributed by atoms with Crippen LogP contribution in [0, 0.1) is 0 Å². The highest BCUT2D eigenvalue weighted by Crippen LogP contribution is 2.30. The Balaban J connectivity index is 1.91. The highest BCUT2D eigenvalue weighted by atomic mass is 19.4. The number of nitrogens with zero attached hydrogens (tertiary/aromatic N) is 1. The van der Waals surface area contributed by atoms with Crippen molar-refractivity contribution in [3.63, 3.8) is 0 Å². The second-order valence-corrected chi connectivity index (χ2v) is 5.46. The molecule has 0 saturated carbocycles. The van der Waals surface area contributed by atoms with Crippen LogP contribution in [0.2, 0.25) is 0 Å². The predicted octanol–water partition coefficient (Wildman–Crippen LogP) is 4.60. The maximum atomic E-state index is 12.3. The summed E-state index contributed by atoms with van der Waals surface area (Å²) in [6, 6.07) is 11.0. The molecule has 0 amide bonds. The van der Waals surface area contributed by atoms with E-state index in [9.17, 15) is 13.2 Å². The molecule has 26 heavy (non-hydrogen) atoms. The van der Waals surface area contributed by atoms with Crippen LogP contribution >= 0.6 is 0 Å². The quantitative estimate of drug-likeness (QED) is 0.693. The standard InChI is InChI=1S/C18H17F3N2O3/c1-3-25-16(11-4-6-12(7-5-11)26-18(19,20)21)17-22-14-9-8-13(24-2)10-15(14)23-17/h4-10,16H,3H2,1-2H3,(H,22,23). The summed E-state index contributed by atoms with van der Waals surface area (Å²) in [6.45, 7) is 2.24. The normalized spacial score (nSPS) is 13.0. The molecule has 1 heterocycles. The highest BCUT2D eigenvalue weighted by Gasteiger charge is 2.31. The van der Waals surface area contributed by atoms with Crippen LogP contribution < -0.4 is 9.47 Å². The smallest absolute Gasteiger partial charge is 0.497 e. The first kappa shape index (κ1) is 18.1. The van der Waals surface area contributed by atoms with Crippen LogP contribution in [0.25, 0.3) is 11.0 Å². The Morgan fingerprint density at radius 3 is 2.38 bits per heavy atom. The first-order valence-electron chi connectivity index (χ1n) is 7.90. The number of benzene rings is 2.